The first kappa shape index (κ1) is 11.9. The van der Waals surface area contributed by atoms with Crippen LogP contribution in [0.1, 0.15) is 11.1 Å². The van der Waals surface area contributed by atoms with Crippen LogP contribution in [0.3, 0.4) is 0 Å². The van der Waals surface area contributed by atoms with Gasteiger partial charge in [0, 0.05) is 17.3 Å². The largest absolute Gasteiger partial charge is 0.507 e. The zero-order valence-electron chi connectivity index (χ0n) is 9.47. The van der Waals surface area contributed by atoms with E-state index in [2.05, 4.69) is 10.9 Å². The summed E-state index contributed by atoms with van der Waals surface area (Å²) < 4.78 is 13.0. The molecule has 0 aliphatic rings. The van der Waals surface area contributed by atoms with Crippen molar-refractivity contribution in [2.24, 2.45) is 4.99 Å². The molecule has 0 aliphatic carbocycles. The molecule has 18 heavy (non-hydrogen) atoms. The lowest BCUT2D eigenvalue weighted by Gasteiger charge is -1.99. The molecule has 0 saturated heterocycles. The quantitative estimate of drug-likeness (QED) is 0.633. The third-order valence-corrected chi connectivity index (χ3v) is 2.36. The number of terminal acetylenes is 1. The maximum atomic E-state index is 13.0. The van der Waals surface area contributed by atoms with Gasteiger partial charge in [0.2, 0.25) is 0 Å². The Morgan fingerprint density at radius 2 is 2.06 bits per heavy atom. The monoisotopic (exact) mass is 239 g/mol. The lowest BCUT2D eigenvalue weighted by molar-refractivity contribution is 0.472. The first-order valence-corrected chi connectivity index (χ1v) is 5.28. The Hall–Kier alpha value is -2.60. The summed E-state index contributed by atoms with van der Waals surface area (Å²) in [7, 11) is 0. The van der Waals surface area contributed by atoms with E-state index in [0.29, 0.717) is 16.8 Å². The molecule has 0 fully saturated rings. The summed E-state index contributed by atoms with van der Waals surface area (Å²) in [5, 5.41) is 9.52. The van der Waals surface area contributed by atoms with Crippen LogP contribution in [0.2, 0.25) is 0 Å². The van der Waals surface area contributed by atoms with Crippen molar-refractivity contribution < 1.29 is 9.50 Å². The Labute approximate surface area is 104 Å². The maximum absolute atomic E-state index is 13.0. The molecule has 0 saturated carbocycles. The molecule has 0 atom stereocenters. The first-order valence-electron chi connectivity index (χ1n) is 5.28. The van der Waals surface area contributed by atoms with Crippen molar-refractivity contribution in [2.75, 3.05) is 0 Å². The van der Waals surface area contributed by atoms with Crippen molar-refractivity contribution in [2.45, 2.75) is 0 Å². The molecule has 3 heteroatoms. The van der Waals surface area contributed by atoms with Crippen LogP contribution in [0, 0.1) is 18.2 Å². The molecule has 2 rings (SSSR count). The molecule has 2 aromatic carbocycles. The number of hydrogen-bond acceptors (Lipinski definition) is 2. The second kappa shape index (κ2) is 5.15. The molecule has 2 aromatic rings. The molecule has 0 spiro atoms. The van der Waals surface area contributed by atoms with Gasteiger partial charge < -0.3 is 5.11 Å². The van der Waals surface area contributed by atoms with Crippen LogP contribution in [0.25, 0.3) is 0 Å². The van der Waals surface area contributed by atoms with E-state index in [0.717, 1.165) is 0 Å². The Morgan fingerprint density at radius 3 is 2.83 bits per heavy atom. The number of benzene rings is 2. The van der Waals surface area contributed by atoms with E-state index < -0.39 is 5.82 Å². The van der Waals surface area contributed by atoms with E-state index in [1.807, 2.05) is 0 Å². The predicted molar refractivity (Wildman–Crippen MR) is 69.7 cm³/mol. The lowest BCUT2D eigenvalue weighted by Crippen LogP contribution is -1.84. The third-order valence-electron chi connectivity index (χ3n) is 2.36. The number of halogens is 1. The number of phenolic OH excluding ortho intramolecular Hbond substituents is 1. The van der Waals surface area contributed by atoms with Gasteiger partial charge in [-0.05, 0) is 36.4 Å². The predicted octanol–water partition coefficient (Wildman–Crippen LogP) is 3.26. The number of hydrogen-bond donors (Lipinski definition) is 1. The summed E-state index contributed by atoms with van der Waals surface area (Å²) in [5.74, 6) is 2.06. The fourth-order valence-electron chi connectivity index (χ4n) is 1.45. The zero-order chi connectivity index (χ0) is 13.0. The Morgan fingerprint density at radius 1 is 1.22 bits per heavy atom. The fraction of sp³-hybridized carbons (Fsp3) is 0. The third kappa shape index (κ3) is 2.74. The molecule has 0 amide bonds. The van der Waals surface area contributed by atoms with Crippen molar-refractivity contribution in [3.8, 4) is 18.1 Å². The van der Waals surface area contributed by atoms with Crippen LogP contribution in [0.15, 0.2) is 47.5 Å². The molecule has 0 unspecified atom stereocenters. The molecule has 2 nitrogen and oxygen atoms in total. The molecular weight excluding hydrogens is 229 g/mol. The summed E-state index contributed by atoms with van der Waals surface area (Å²) in [4.78, 5) is 4.14. The van der Waals surface area contributed by atoms with Crippen LogP contribution in [-0.2, 0) is 0 Å². The number of aliphatic imine (C=N–C) groups is 1. The summed E-state index contributed by atoms with van der Waals surface area (Å²) in [5.41, 5.74) is 1.68. The second-order valence-electron chi connectivity index (χ2n) is 3.66. The van der Waals surface area contributed by atoms with Crippen LogP contribution in [0.4, 0.5) is 10.1 Å². The highest BCUT2D eigenvalue weighted by Gasteiger charge is 1.99. The van der Waals surface area contributed by atoms with Crippen molar-refractivity contribution in [1.29, 1.82) is 0 Å². The molecule has 0 radical (unpaired) electrons. The number of aromatic hydroxyl groups is 1. The maximum Gasteiger partial charge on any atom is 0.124 e. The minimum atomic E-state index is -0.424. The first-order chi connectivity index (χ1) is 8.69. The molecule has 0 aromatic heterocycles. The van der Waals surface area contributed by atoms with Gasteiger partial charge in [-0.25, -0.2) is 4.39 Å². The molecule has 0 heterocycles. The molecule has 0 bridgehead atoms. The van der Waals surface area contributed by atoms with E-state index >= 15 is 0 Å². The highest BCUT2D eigenvalue weighted by Crippen LogP contribution is 2.18. The highest BCUT2D eigenvalue weighted by molar-refractivity contribution is 5.85. The average Bonchev–Trinajstić information content (AvgIpc) is 2.40. The van der Waals surface area contributed by atoms with Crippen LogP contribution in [0.5, 0.6) is 5.75 Å². The average molecular weight is 239 g/mol. The topological polar surface area (TPSA) is 32.6 Å². The van der Waals surface area contributed by atoms with Gasteiger partial charge in [-0.2, -0.15) is 0 Å². The Kier molecular flexibility index (Phi) is 3.40. The lowest BCUT2D eigenvalue weighted by atomic mass is 10.2. The summed E-state index contributed by atoms with van der Waals surface area (Å²) in [6, 6.07) is 10.8. The normalized spacial score (nSPS) is 10.4. The van der Waals surface area contributed by atoms with E-state index in [1.54, 1.807) is 24.3 Å². The van der Waals surface area contributed by atoms with E-state index in [4.69, 9.17) is 6.42 Å². The minimum absolute atomic E-state index is 0.0201. The standard InChI is InChI=1S/C15H10FNO/c1-2-11-4-3-5-14(8-11)17-10-12-9-13(16)6-7-15(12)18/h1,3-10,18H/b17-10+. The van der Waals surface area contributed by atoms with Gasteiger partial charge in [-0.15, -0.1) is 6.42 Å². The number of rotatable bonds is 2. The van der Waals surface area contributed by atoms with E-state index in [1.165, 1.54) is 24.4 Å². The van der Waals surface area contributed by atoms with Gasteiger partial charge in [0.15, 0.2) is 0 Å². The van der Waals surface area contributed by atoms with Crippen molar-refractivity contribution in [3.63, 3.8) is 0 Å². The minimum Gasteiger partial charge on any atom is -0.507 e. The van der Waals surface area contributed by atoms with Crippen LogP contribution >= 0.6 is 0 Å². The van der Waals surface area contributed by atoms with Gasteiger partial charge in [0.1, 0.15) is 11.6 Å². The highest BCUT2D eigenvalue weighted by atomic mass is 19.1. The zero-order valence-corrected chi connectivity index (χ0v) is 9.47. The molecular formula is C15H10FNO. The summed E-state index contributed by atoms with van der Waals surface area (Å²) in [6.07, 6.45) is 6.68. The van der Waals surface area contributed by atoms with Gasteiger partial charge in [-0.1, -0.05) is 12.0 Å². The van der Waals surface area contributed by atoms with E-state index in [-0.39, 0.29) is 5.75 Å². The fourth-order valence-corrected chi connectivity index (χ4v) is 1.45. The van der Waals surface area contributed by atoms with E-state index in [9.17, 15) is 9.50 Å². The second-order valence-corrected chi connectivity index (χ2v) is 3.66. The smallest absolute Gasteiger partial charge is 0.124 e. The van der Waals surface area contributed by atoms with Gasteiger partial charge in [-0.3, -0.25) is 4.99 Å². The molecule has 1 N–H and O–H groups in total. The Balaban J connectivity index is 2.30. The summed E-state index contributed by atoms with van der Waals surface area (Å²) in [6.45, 7) is 0. The summed E-state index contributed by atoms with van der Waals surface area (Å²) >= 11 is 0. The number of nitrogens with zero attached hydrogens (tertiary/aromatic N) is 1. The van der Waals surface area contributed by atoms with Gasteiger partial charge >= 0.3 is 0 Å². The Bertz CT molecular complexity index is 641. The van der Waals surface area contributed by atoms with Crippen LogP contribution < -0.4 is 0 Å². The molecule has 0 aliphatic heterocycles. The van der Waals surface area contributed by atoms with Crippen molar-refractivity contribution in [3.05, 3.63) is 59.4 Å². The van der Waals surface area contributed by atoms with Crippen molar-refractivity contribution in [1.82, 2.24) is 0 Å². The number of phenols is 1. The van der Waals surface area contributed by atoms with Gasteiger partial charge in [0.25, 0.3) is 0 Å². The van der Waals surface area contributed by atoms with Gasteiger partial charge in [0.05, 0.1) is 5.69 Å². The SMILES string of the molecule is C#Cc1cccc(/N=C/c2cc(F)ccc2O)c1. The van der Waals surface area contributed by atoms with Crippen LogP contribution in [-0.4, -0.2) is 11.3 Å². The molecule has 88 valence electrons. The van der Waals surface area contributed by atoms with Crippen molar-refractivity contribution >= 4 is 11.9 Å².